The molecule has 3 rings (SSSR count). The molecule has 158 valence electrons. The highest BCUT2D eigenvalue weighted by Crippen LogP contribution is 2.31. The molecule has 10 heteroatoms. The third-order valence-electron chi connectivity index (χ3n) is 3.96. The summed E-state index contributed by atoms with van der Waals surface area (Å²) in [7, 11) is 3.09. The molecule has 0 bridgehead atoms. The van der Waals surface area contributed by atoms with Gasteiger partial charge in [-0.1, -0.05) is 12.1 Å². The summed E-state index contributed by atoms with van der Waals surface area (Å²) in [6, 6.07) is 13.9. The van der Waals surface area contributed by atoms with E-state index in [1.807, 2.05) is 6.07 Å². The van der Waals surface area contributed by atoms with E-state index in [0.29, 0.717) is 34.2 Å². The minimum Gasteiger partial charge on any atom is -0.497 e. The van der Waals surface area contributed by atoms with Gasteiger partial charge in [0.15, 0.2) is 12.4 Å². The lowest BCUT2D eigenvalue weighted by Crippen LogP contribution is -1.98. The van der Waals surface area contributed by atoms with Gasteiger partial charge in [-0.25, -0.2) is 9.78 Å². The molecule has 31 heavy (non-hydrogen) atoms. The molecule has 3 aromatic rings. The molecular formula is C21H18N4O5S. The number of ether oxygens (including phenoxy) is 3. The minimum atomic E-state index is -1.12. The van der Waals surface area contributed by atoms with Gasteiger partial charge < -0.3 is 19.3 Å². The number of carbonyl (C=O) groups is 1. The maximum Gasteiger partial charge on any atom is 0.342 e. The third kappa shape index (κ3) is 5.77. The van der Waals surface area contributed by atoms with Crippen LogP contribution in [-0.2, 0) is 4.79 Å². The van der Waals surface area contributed by atoms with Crippen LogP contribution in [0.2, 0.25) is 0 Å². The zero-order valence-electron chi connectivity index (χ0n) is 16.7. The first-order valence-corrected chi connectivity index (χ1v) is 9.72. The highest BCUT2D eigenvalue weighted by Gasteiger charge is 2.15. The third-order valence-corrected chi connectivity index (χ3v) is 4.84. The molecule has 0 atom stereocenters. The molecule has 0 unspecified atom stereocenters. The molecule has 1 aromatic heterocycles. The summed E-state index contributed by atoms with van der Waals surface area (Å²) in [5.41, 5.74) is 1.28. The van der Waals surface area contributed by atoms with Crippen molar-refractivity contribution in [1.82, 2.24) is 15.2 Å². The molecular weight excluding hydrogens is 420 g/mol. The van der Waals surface area contributed by atoms with Crippen molar-refractivity contribution in [3.05, 3.63) is 52.9 Å². The number of carboxylic acid groups (broad SMARTS) is 1. The molecule has 0 spiro atoms. The highest BCUT2D eigenvalue weighted by atomic mass is 32.2. The van der Waals surface area contributed by atoms with E-state index < -0.39 is 5.97 Å². The molecule has 2 aromatic carbocycles. The average Bonchev–Trinajstić information content (AvgIpc) is 3.25. The van der Waals surface area contributed by atoms with E-state index in [1.54, 1.807) is 56.7 Å². The first-order valence-electron chi connectivity index (χ1n) is 8.91. The Morgan fingerprint density at radius 2 is 1.94 bits per heavy atom. The fraction of sp³-hybridized carbons (Fsp3) is 0.143. The smallest absolute Gasteiger partial charge is 0.342 e. The predicted molar refractivity (Wildman–Crippen MR) is 114 cm³/mol. The first kappa shape index (κ1) is 21.7. The van der Waals surface area contributed by atoms with Crippen LogP contribution in [0.25, 0.3) is 17.5 Å². The standard InChI is InChI=1S/C21H18N4O5S/c1-28-16-10-14(11-17(12-16)29-2)19-23-21(25-24-19)31-18(20(26)27)9-13-4-3-5-15(8-13)30-7-6-22/h3-5,8-12H,7H2,1-2H3,(H,26,27)(H,23,24,25)/b18-9-. The van der Waals surface area contributed by atoms with Crippen LogP contribution in [-0.4, -0.2) is 47.1 Å². The molecule has 0 radical (unpaired) electrons. The van der Waals surface area contributed by atoms with Gasteiger partial charge in [-0.2, -0.15) is 5.26 Å². The molecule has 2 N–H and O–H groups in total. The number of aliphatic carboxylic acids is 1. The highest BCUT2D eigenvalue weighted by molar-refractivity contribution is 8.04. The van der Waals surface area contributed by atoms with E-state index in [0.717, 1.165) is 11.8 Å². The van der Waals surface area contributed by atoms with Gasteiger partial charge in [0.2, 0.25) is 5.16 Å². The van der Waals surface area contributed by atoms with Crippen LogP contribution in [0.4, 0.5) is 0 Å². The van der Waals surface area contributed by atoms with Gasteiger partial charge >= 0.3 is 5.97 Å². The number of benzene rings is 2. The van der Waals surface area contributed by atoms with Gasteiger partial charge in [0.05, 0.1) is 14.2 Å². The number of rotatable bonds is 9. The van der Waals surface area contributed by atoms with E-state index in [1.165, 1.54) is 6.08 Å². The van der Waals surface area contributed by atoms with Crippen molar-refractivity contribution in [2.45, 2.75) is 5.16 Å². The summed E-state index contributed by atoms with van der Waals surface area (Å²) in [6.45, 7) is -0.0945. The molecule has 0 fully saturated rings. The van der Waals surface area contributed by atoms with Gasteiger partial charge in [0.1, 0.15) is 28.2 Å². The van der Waals surface area contributed by atoms with Gasteiger partial charge in [-0.15, -0.1) is 5.10 Å². The summed E-state index contributed by atoms with van der Waals surface area (Å²) in [4.78, 5) is 16.1. The zero-order chi connectivity index (χ0) is 22.2. The lowest BCUT2D eigenvalue weighted by atomic mass is 10.2. The Kier molecular flexibility index (Phi) is 7.13. The number of nitriles is 1. The van der Waals surface area contributed by atoms with Gasteiger partial charge in [-0.05, 0) is 47.7 Å². The second-order valence-electron chi connectivity index (χ2n) is 6.00. The van der Waals surface area contributed by atoms with Crippen LogP contribution in [0.15, 0.2) is 52.5 Å². The summed E-state index contributed by atoms with van der Waals surface area (Å²) < 4.78 is 15.8. The fourth-order valence-corrected chi connectivity index (χ4v) is 3.27. The molecule has 0 aliphatic carbocycles. The van der Waals surface area contributed by atoms with Crippen molar-refractivity contribution in [1.29, 1.82) is 5.26 Å². The Bertz CT molecular complexity index is 1130. The maximum absolute atomic E-state index is 11.7. The fourth-order valence-electron chi connectivity index (χ4n) is 2.56. The number of aromatic nitrogens is 3. The van der Waals surface area contributed by atoms with Crippen LogP contribution in [0, 0.1) is 11.3 Å². The Labute approximate surface area is 182 Å². The first-order chi connectivity index (χ1) is 15.0. The quantitative estimate of drug-likeness (QED) is 0.380. The zero-order valence-corrected chi connectivity index (χ0v) is 17.5. The van der Waals surface area contributed by atoms with Crippen molar-refractivity contribution in [2.75, 3.05) is 20.8 Å². The van der Waals surface area contributed by atoms with Crippen molar-refractivity contribution < 1.29 is 24.1 Å². The number of carboxylic acids is 1. The minimum absolute atomic E-state index is 0.0196. The van der Waals surface area contributed by atoms with Crippen LogP contribution < -0.4 is 14.2 Å². The SMILES string of the molecule is COc1cc(OC)cc(-c2nc(S/C(=C\c3cccc(OCC#N)c3)C(=O)O)n[nH]2)c1. The summed E-state index contributed by atoms with van der Waals surface area (Å²) in [6.07, 6.45) is 1.48. The van der Waals surface area contributed by atoms with Crippen molar-refractivity contribution in [2.24, 2.45) is 0 Å². The second kappa shape index (κ2) is 10.2. The van der Waals surface area contributed by atoms with Gasteiger partial charge in [0.25, 0.3) is 0 Å². The molecule has 0 saturated carbocycles. The topological polar surface area (TPSA) is 130 Å². The number of hydrogen-bond donors (Lipinski definition) is 2. The summed E-state index contributed by atoms with van der Waals surface area (Å²) >= 11 is 0.903. The van der Waals surface area contributed by atoms with Gasteiger partial charge in [-0.3, -0.25) is 5.10 Å². The molecule has 0 aliphatic heterocycles. The monoisotopic (exact) mass is 438 g/mol. The van der Waals surface area contributed by atoms with E-state index in [2.05, 4.69) is 15.2 Å². The molecule has 9 nitrogen and oxygen atoms in total. The van der Waals surface area contributed by atoms with Crippen LogP contribution in [0.3, 0.4) is 0 Å². The maximum atomic E-state index is 11.7. The average molecular weight is 438 g/mol. The number of nitrogens with one attached hydrogen (secondary N) is 1. The van der Waals surface area contributed by atoms with E-state index in [9.17, 15) is 9.90 Å². The molecule has 0 saturated heterocycles. The molecule has 0 amide bonds. The second-order valence-corrected chi connectivity index (χ2v) is 7.01. The van der Waals surface area contributed by atoms with E-state index in [4.69, 9.17) is 19.5 Å². The number of H-pyrrole nitrogens is 1. The number of aromatic amines is 1. The molecule has 0 aliphatic rings. The van der Waals surface area contributed by atoms with Crippen molar-refractivity contribution in [3.8, 4) is 34.7 Å². The van der Waals surface area contributed by atoms with Crippen molar-refractivity contribution in [3.63, 3.8) is 0 Å². The summed E-state index contributed by atoms with van der Waals surface area (Å²) in [5.74, 6) is 0.963. The van der Waals surface area contributed by atoms with Crippen LogP contribution in [0.1, 0.15) is 5.56 Å². The van der Waals surface area contributed by atoms with Gasteiger partial charge in [0, 0.05) is 11.6 Å². The van der Waals surface area contributed by atoms with E-state index >= 15 is 0 Å². The number of nitrogens with zero attached hydrogens (tertiary/aromatic N) is 3. The summed E-state index contributed by atoms with van der Waals surface area (Å²) in [5, 5.41) is 25.4. The lowest BCUT2D eigenvalue weighted by molar-refractivity contribution is -0.131. The molecule has 1 heterocycles. The Morgan fingerprint density at radius 3 is 2.58 bits per heavy atom. The Hall–Kier alpha value is -3.97. The predicted octanol–water partition coefficient (Wildman–Crippen LogP) is 3.61. The number of methoxy groups -OCH3 is 2. The number of hydrogen-bond acceptors (Lipinski definition) is 8. The lowest BCUT2D eigenvalue weighted by Gasteiger charge is -2.06. The Balaban J connectivity index is 1.84. The normalized spacial score (nSPS) is 10.9. The Morgan fingerprint density at radius 1 is 1.19 bits per heavy atom. The van der Waals surface area contributed by atoms with Crippen molar-refractivity contribution >= 4 is 23.8 Å². The van der Waals surface area contributed by atoms with Crippen LogP contribution >= 0.6 is 11.8 Å². The number of thioether (sulfide) groups is 1. The van der Waals surface area contributed by atoms with Crippen LogP contribution in [0.5, 0.6) is 17.2 Å². The largest absolute Gasteiger partial charge is 0.497 e. The van der Waals surface area contributed by atoms with E-state index in [-0.39, 0.29) is 16.7 Å².